The predicted molar refractivity (Wildman–Crippen MR) is 61.9 cm³/mol. The number of esters is 1. The number of thiophene rings is 1. The maximum absolute atomic E-state index is 11.9. The predicted octanol–water partition coefficient (Wildman–Crippen LogP) is 3.20. The third-order valence-electron chi connectivity index (χ3n) is 2.14. The molecule has 0 amide bonds. The van der Waals surface area contributed by atoms with Crippen LogP contribution in [0.3, 0.4) is 0 Å². The van der Waals surface area contributed by atoms with E-state index in [1.54, 1.807) is 11.3 Å². The highest BCUT2D eigenvalue weighted by molar-refractivity contribution is 7.10. The zero-order chi connectivity index (χ0) is 11.1. The Morgan fingerprint density at radius 2 is 2.20 bits per heavy atom. The fourth-order valence-electron chi connectivity index (χ4n) is 1.56. The summed E-state index contributed by atoms with van der Waals surface area (Å²) in [7, 11) is 0. The van der Waals surface area contributed by atoms with Crippen LogP contribution in [0.5, 0.6) is 0 Å². The summed E-state index contributed by atoms with van der Waals surface area (Å²) < 4.78 is 5.36. The van der Waals surface area contributed by atoms with Crippen LogP contribution in [0, 0.1) is 0 Å². The second-order valence-corrected chi connectivity index (χ2v) is 5.56. The molecule has 2 nitrogen and oxygen atoms in total. The van der Waals surface area contributed by atoms with Crippen molar-refractivity contribution in [3.8, 4) is 0 Å². The van der Waals surface area contributed by atoms with Gasteiger partial charge in [0, 0.05) is 4.88 Å². The van der Waals surface area contributed by atoms with Gasteiger partial charge in [0.05, 0.1) is 0 Å². The van der Waals surface area contributed by atoms with Crippen LogP contribution < -0.4 is 0 Å². The van der Waals surface area contributed by atoms with Gasteiger partial charge in [0.1, 0.15) is 11.5 Å². The molecule has 1 aromatic rings. The molecule has 0 radical (unpaired) electrons. The number of hydrogen-bond acceptors (Lipinski definition) is 3. The van der Waals surface area contributed by atoms with Gasteiger partial charge in [-0.25, -0.2) is 0 Å². The number of rotatable bonds is 1. The lowest BCUT2D eigenvalue weighted by Gasteiger charge is -2.21. The van der Waals surface area contributed by atoms with Crippen molar-refractivity contribution in [3.63, 3.8) is 0 Å². The Morgan fingerprint density at radius 1 is 1.47 bits per heavy atom. The summed E-state index contributed by atoms with van der Waals surface area (Å²) in [5.41, 5.74) is 0.737. The molecule has 1 aliphatic rings. The minimum atomic E-state index is -0.412. The van der Waals surface area contributed by atoms with Gasteiger partial charge < -0.3 is 4.74 Å². The normalized spacial score (nSPS) is 19.0. The minimum absolute atomic E-state index is 0.153. The monoisotopic (exact) mass is 222 g/mol. The van der Waals surface area contributed by atoms with Crippen LogP contribution in [-0.2, 0) is 9.53 Å². The van der Waals surface area contributed by atoms with Crippen LogP contribution in [0.15, 0.2) is 17.5 Å². The summed E-state index contributed by atoms with van der Waals surface area (Å²) in [6.07, 6.45) is 3.90. The van der Waals surface area contributed by atoms with Gasteiger partial charge in [-0.2, -0.15) is 0 Å². The number of carbonyl (C=O) groups excluding carboxylic acids is 1. The van der Waals surface area contributed by atoms with Crippen LogP contribution in [0.1, 0.15) is 37.1 Å². The van der Waals surface area contributed by atoms with E-state index >= 15 is 0 Å². The first-order valence-corrected chi connectivity index (χ1v) is 5.84. The van der Waals surface area contributed by atoms with E-state index in [2.05, 4.69) is 0 Å². The minimum Gasteiger partial charge on any atom is -0.459 e. The number of hydrogen-bond donors (Lipinski definition) is 0. The first-order valence-electron chi connectivity index (χ1n) is 4.96. The smallest absolute Gasteiger partial charge is 0.318 e. The van der Waals surface area contributed by atoms with Crippen LogP contribution in [-0.4, -0.2) is 11.6 Å². The summed E-state index contributed by atoms with van der Waals surface area (Å²) >= 11 is 1.61. The molecule has 0 bridgehead atoms. The van der Waals surface area contributed by atoms with Gasteiger partial charge in [-0.15, -0.1) is 11.3 Å². The summed E-state index contributed by atoms with van der Waals surface area (Å²) in [6.45, 7) is 5.66. The standard InChI is InChI=1S/C12H14O2S/c1-12(2,3)14-11(13)9-5-4-8-6-7-15-10(8)9/h4-7,9H,1-3H3. The van der Waals surface area contributed by atoms with E-state index in [1.165, 1.54) is 0 Å². The van der Waals surface area contributed by atoms with Gasteiger partial charge in [-0.1, -0.05) is 12.2 Å². The van der Waals surface area contributed by atoms with Crippen molar-refractivity contribution in [2.75, 3.05) is 0 Å². The Labute approximate surface area is 93.6 Å². The Morgan fingerprint density at radius 3 is 2.87 bits per heavy atom. The molecular formula is C12H14O2S. The molecule has 0 saturated carbocycles. The van der Waals surface area contributed by atoms with E-state index in [4.69, 9.17) is 4.74 Å². The molecule has 1 aliphatic carbocycles. The summed E-state index contributed by atoms with van der Waals surface area (Å²) in [5, 5.41) is 2.01. The molecule has 1 heterocycles. The molecule has 0 N–H and O–H groups in total. The van der Waals surface area contributed by atoms with Crippen molar-refractivity contribution in [1.29, 1.82) is 0 Å². The second-order valence-electron chi connectivity index (χ2n) is 4.61. The highest BCUT2D eigenvalue weighted by atomic mass is 32.1. The largest absolute Gasteiger partial charge is 0.459 e. The van der Waals surface area contributed by atoms with Gasteiger partial charge in [0.2, 0.25) is 0 Å². The van der Waals surface area contributed by atoms with Crippen molar-refractivity contribution < 1.29 is 9.53 Å². The van der Waals surface area contributed by atoms with E-state index in [9.17, 15) is 4.79 Å². The third kappa shape index (κ3) is 2.12. The quantitative estimate of drug-likeness (QED) is 0.682. The topological polar surface area (TPSA) is 26.3 Å². The maximum atomic E-state index is 11.9. The van der Waals surface area contributed by atoms with E-state index in [1.807, 2.05) is 44.4 Å². The van der Waals surface area contributed by atoms with Gasteiger partial charge in [-0.05, 0) is 37.8 Å². The van der Waals surface area contributed by atoms with Crippen LogP contribution in [0.25, 0.3) is 6.08 Å². The van der Waals surface area contributed by atoms with Gasteiger partial charge in [-0.3, -0.25) is 4.79 Å². The molecule has 2 rings (SSSR count). The SMILES string of the molecule is CC(C)(C)OC(=O)C1C=Cc2ccsc21. The Bertz CT molecular complexity index is 410. The number of fused-ring (bicyclic) bond motifs is 1. The molecule has 80 valence electrons. The molecular weight excluding hydrogens is 208 g/mol. The molecule has 0 aromatic carbocycles. The zero-order valence-corrected chi connectivity index (χ0v) is 9.93. The maximum Gasteiger partial charge on any atom is 0.318 e. The summed E-state index contributed by atoms with van der Waals surface area (Å²) in [5.74, 6) is -0.348. The van der Waals surface area contributed by atoms with Crippen molar-refractivity contribution in [2.24, 2.45) is 0 Å². The molecule has 1 atom stereocenters. The lowest BCUT2D eigenvalue weighted by molar-refractivity contribution is -0.155. The highest BCUT2D eigenvalue weighted by Crippen LogP contribution is 2.35. The molecule has 3 heteroatoms. The first kappa shape index (κ1) is 10.4. The molecule has 1 aromatic heterocycles. The van der Waals surface area contributed by atoms with E-state index in [-0.39, 0.29) is 11.9 Å². The molecule has 1 unspecified atom stereocenters. The third-order valence-corrected chi connectivity index (χ3v) is 3.15. The number of carbonyl (C=O) groups is 1. The van der Waals surface area contributed by atoms with Crippen molar-refractivity contribution >= 4 is 23.4 Å². The number of ether oxygens (including phenoxy) is 1. The average molecular weight is 222 g/mol. The van der Waals surface area contributed by atoms with E-state index < -0.39 is 5.60 Å². The summed E-state index contributed by atoms with van der Waals surface area (Å²) in [6, 6.07) is 2.03. The van der Waals surface area contributed by atoms with Crippen molar-refractivity contribution in [2.45, 2.75) is 32.3 Å². The average Bonchev–Trinajstić information content (AvgIpc) is 2.57. The van der Waals surface area contributed by atoms with E-state index in [0.717, 1.165) is 10.4 Å². The van der Waals surface area contributed by atoms with E-state index in [0.29, 0.717) is 0 Å². The lowest BCUT2D eigenvalue weighted by Crippen LogP contribution is -2.26. The Kier molecular flexibility index (Phi) is 2.43. The summed E-state index contributed by atoms with van der Waals surface area (Å²) in [4.78, 5) is 13.0. The first-order chi connectivity index (χ1) is 6.97. The second kappa shape index (κ2) is 3.49. The van der Waals surface area contributed by atoms with Gasteiger partial charge >= 0.3 is 5.97 Å². The van der Waals surface area contributed by atoms with Crippen molar-refractivity contribution in [3.05, 3.63) is 28.0 Å². The fraction of sp³-hybridized carbons (Fsp3) is 0.417. The highest BCUT2D eigenvalue weighted by Gasteiger charge is 2.29. The van der Waals surface area contributed by atoms with Gasteiger partial charge in [0.25, 0.3) is 0 Å². The van der Waals surface area contributed by atoms with Crippen LogP contribution in [0.2, 0.25) is 0 Å². The Hall–Kier alpha value is -1.09. The fourth-order valence-corrected chi connectivity index (χ4v) is 2.51. The molecule has 15 heavy (non-hydrogen) atoms. The van der Waals surface area contributed by atoms with Gasteiger partial charge in [0.15, 0.2) is 0 Å². The van der Waals surface area contributed by atoms with Crippen LogP contribution >= 0.6 is 11.3 Å². The molecule has 0 fully saturated rings. The lowest BCUT2D eigenvalue weighted by atomic mass is 10.1. The van der Waals surface area contributed by atoms with Crippen molar-refractivity contribution in [1.82, 2.24) is 0 Å². The molecule has 0 aliphatic heterocycles. The molecule has 0 saturated heterocycles. The molecule has 0 spiro atoms. The van der Waals surface area contributed by atoms with Crippen LogP contribution in [0.4, 0.5) is 0 Å². The Balaban J connectivity index is 2.15. The zero-order valence-electron chi connectivity index (χ0n) is 9.11.